The summed E-state index contributed by atoms with van der Waals surface area (Å²) in [5, 5.41) is 0. The molecule has 0 amide bonds. The number of carbonyl (C=O) groups excluding carboxylic acids is 1. The Kier molecular flexibility index (Phi) is 4.82. The average molecular weight is 361 g/mol. The van der Waals surface area contributed by atoms with Gasteiger partial charge in [0.25, 0.3) is 0 Å². The summed E-state index contributed by atoms with van der Waals surface area (Å²) in [6, 6.07) is 0. The minimum Gasteiger partial charge on any atom is -0.385 e. The highest BCUT2D eigenvalue weighted by molar-refractivity contribution is 5.79. The summed E-state index contributed by atoms with van der Waals surface area (Å²) in [4.78, 5) is 12.1. The van der Waals surface area contributed by atoms with Crippen molar-refractivity contribution < 1.29 is 9.53 Å². The highest BCUT2D eigenvalue weighted by atomic mass is 16.5. The SMILES string of the molecule is COCCC[C@@]1(C)CC[C@H]2C3CCC4CC(=O)CC[C@]4(C)[C@H]3CC[C@@]21C. The molecule has 2 nitrogen and oxygen atoms in total. The summed E-state index contributed by atoms with van der Waals surface area (Å²) in [5.41, 5.74) is 1.48. The molecule has 0 saturated heterocycles. The Labute approximate surface area is 160 Å². The van der Waals surface area contributed by atoms with Crippen molar-refractivity contribution in [1.29, 1.82) is 0 Å². The van der Waals surface area contributed by atoms with Gasteiger partial charge in [0.05, 0.1) is 0 Å². The Balaban J connectivity index is 1.55. The molecular formula is C24H40O2. The monoisotopic (exact) mass is 360 g/mol. The van der Waals surface area contributed by atoms with Gasteiger partial charge < -0.3 is 4.74 Å². The van der Waals surface area contributed by atoms with E-state index >= 15 is 0 Å². The fourth-order valence-electron chi connectivity index (χ4n) is 8.42. The Bertz CT molecular complexity index is 556. The van der Waals surface area contributed by atoms with Crippen molar-refractivity contribution in [2.24, 2.45) is 39.9 Å². The molecule has 0 N–H and O–H groups in total. The lowest BCUT2D eigenvalue weighted by molar-refractivity contribution is -0.143. The minimum absolute atomic E-state index is 0.452. The molecule has 148 valence electrons. The van der Waals surface area contributed by atoms with Gasteiger partial charge in [0.15, 0.2) is 0 Å². The third kappa shape index (κ3) is 2.65. The molecule has 4 fully saturated rings. The van der Waals surface area contributed by atoms with E-state index in [4.69, 9.17) is 4.74 Å². The summed E-state index contributed by atoms with van der Waals surface area (Å²) in [6.45, 7) is 8.72. The van der Waals surface area contributed by atoms with Crippen molar-refractivity contribution in [1.82, 2.24) is 0 Å². The number of hydrogen-bond acceptors (Lipinski definition) is 2. The molecular weight excluding hydrogens is 320 g/mol. The summed E-state index contributed by atoms with van der Waals surface area (Å²) in [5.74, 6) is 3.95. The van der Waals surface area contributed by atoms with Crippen LogP contribution in [0.25, 0.3) is 0 Å². The third-order valence-corrected chi connectivity index (χ3v) is 10.3. The number of ketones is 1. The molecule has 0 bridgehead atoms. The zero-order valence-corrected chi connectivity index (χ0v) is 17.6. The van der Waals surface area contributed by atoms with Crippen LogP contribution in [0.1, 0.15) is 91.4 Å². The first-order valence-corrected chi connectivity index (χ1v) is 11.3. The number of hydrogen-bond donors (Lipinski definition) is 0. The van der Waals surface area contributed by atoms with E-state index in [0.717, 1.165) is 37.2 Å². The van der Waals surface area contributed by atoms with Crippen molar-refractivity contribution >= 4 is 5.78 Å². The van der Waals surface area contributed by atoms with Crippen molar-refractivity contribution in [3.05, 3.63) is 0 Å². The van der Waals surface area contributed by atoms with Crippen LogP contribution in [0.4, 0.5) is 0 Å². The van der Waals surface area contributed by atoms with E-state index in [-0.39, 0.29) is 0 Å². The van der Waals surface area contributed by atoms with Crippen LogP contribution in [0.2, 0.25) is 0 Å². The summed E-state index contributed by atoms with van der Waals surface area (Å²) < 4.78 is 5.36. The largest absolute Gasteiger partial charge is 0.385 e. The topological polar surface area (TPSA) is 26.3 Å². The lowest BCUT2D eigenvalue weighted by atomic mass is 9.43. The predicted molar refractivity (Wildman–Crippen MR) is 106 cm³/mol. The zero-order valence-electron chi connectivity index (χ0n) is 17.6. The highest BCUT2D eigenvalue weighted by Gasteiger charge is 2.62. The molecule has 2 unspecified atom stereocenters. The first kappa shape index (κ1) is 19.0. The fourth-order valence-corrected chi connectivity index (χ4v) is 8.42. The second-order valence-corrected chi connectivity index (χ2v) is 11.1. The highest BCUT2D eigenvalue weighted by Crippen LogP contribution is 2.71. The van der Waals surface area contributed by atoms with Crippen molar-refractivity contribution in [2.75, 3.05) is 13.7 Å². The molecule has 4 aliphatic carbocycles. The van der Waals surface area contributed by atoms with E-state index < -0.39 is 0 Å². The maximum Gasteiger partial charge on any atom is 0.133 e. The Hall–Kier alpha value is -0.370. The molecule has 0 spiro atoms. The Morgan fingerprint density at radius 3 is 2.54 bits per heavy atom. The van der Waals surface area contributed by atoms with Crippen LogP contribution in [0.15, 0.2) is 0 Å². The first-order chi connectivity index (χ1) is 12.3. The van der Waals surface area contributed by atoms with Gasteiger partial charge in [0.1, 0.15) is 5.78 Å². The van der Waals surface area contributed by atoms with Gasteiger partial charge in [0, 0.05) is 26.6 Å². The quantitative estimate of drug-likeness (QED) is 0.572. The molecule has 4 saturated carbocycles. The van der Waals surface area contributed by atoms with E-state index in [2.05, 4.69) is 20.8 Å². The van der Waals surface area contributed by atoms with Crippen LogP contribution in [0, 0.1) is 39.9 Å². The number of rotatable bonds is 4. The number of fused-ring (bicyclic) bond motifs is 5. The Morgan fingerprint density at radius 2 is 1.77 bits per heavy atom. The van der Waals surface area contributed by atoms with Gasteiger partial charge in [0.2, 0.25) is 0 Å². The van der Waals surface area contributed by atoms with Crippen LogP contribution in [0.5, 0.6) is 0 Å². The molecule has 0 heterocycles. The lowest BCUT2D eigenvalue weighted by Crippen LogP contribution is -2.54. The summed E-state index contributed by atoms with van der Waals surface area (Å²) in [7, 11) is 1.83. The molecule has 2 heteroatoms. The van der Waals surface area contributed by atoms with Crippen molar-refractivity contribution in [2.45, 2.75) is 91.4 Å². The molecule has 0 aliphatic heterocycles. The number of carbonyl (C=O) groups is 1. The number of Topliss-reactive ketones (excluding diaryl/α,β-unsaturated/α-hetero) is 1. The van der Waals surface area contributed by atoms with Gasteiger partial charge in [-0.2, -0.15) is 0 Å². The van der Waals surface area contributed by atoms with Gasteiger partial charge in [-0.1, -0.05) is 20.8 Å². The second kappa shape index (κ2) is 6.61. The molecule has 0 aromatic rings. The number of ether oxygens (including phenoxy) is 1. The maximum absolute atomic E-state index is 12.1. The zero-order chi connectivity index (χ0) is 18.6. The molecule has 4 rings (SSSR count). The van der Waals surface area contributed by atoms with Crippen LogP contribution in [-0.2, 0) is 9.53 Å². The second-order valence-electron chi connectivity index (χ2n) is 11.1. The van der Waals surface area contributed by atoms with Gasteiger partial charge in [-0.15, -0.1) is 0 Å². The molecule has 4 aliphatic rings. The smallest absolute Gasteiger partial charge is 0.133 e. The van der Waals surface area contributed by atoms with E-state index in [9.17, 15) is 4.79 Å². The molecule has 0 aromatic heterocycles. The first-order valence-electron chi connectivity index (χ1n) is 11.3. The Morgan fingerprint density at radius 1 is 1.00 bits per heavy atom. The van der Waals surface area contributed by atoms with Gasteiger partial charge in [-0.25, -0.2) is 0 Å². The minimum atomic E-state index is 0.452. The van der Waals surface area contributed by atoms with E-state index in [1.165, 1.54) is 57.8 Å². The molecule has 0 aromatic carbocycles. The average Bonchev–Trinajstić information content (AvgIpc) is 2.87. The van der Waals surface area contributed by atoms with Crippen LogP contribution < -0.4 is 0 Å². The molecule has 26 heavy (non-hydrogen) atoms. The maximum atomic E-state index is 12.1. The third-order valence-electron chi connectivity index (χ3n) is 10.3. The van der Waals surface area contributed by atoms with Gasteiger partial charge >= 0.3 is 0 Å². The van der Waals surface area contributed by atoms with E-state index in [0.29, 0.717) is 27.9 Å². The normalized spacial score (nSPS) is 50.8. The van der Waals surface area contributed by atoms with Crippen molar-refractivity contribution in [3.8, 4) is 0 Å². The van der Waals surface area contributed by atoms with Crippen LogP contribution >= 0.6 is 0 Å². The van der Waals surface area contributed by atoms with Gasteiger partial charge in [-0.3, -0.25) is 4.79 Å². The van der Waals surface area contributed by atoms with E-state index in [1.807, 2.05) is 7.11 Å². The van der Waals surface area contributed by atoms with Gasteiger partial charge in [-0.05, 0) is 97.7 Å². The predicted octanol–water partition coefficient (Wildman–Crippen LogP) is 6.03. The van der Waals surface area contributed by atoms with Crippen molar-refractivity contribution in [3.63, 3.8) is 0 Å². The van der Waals surface area contributed by atoms with Crippen LogP contribution in [-0.4, -0.2) is 19.5 Å². The lowest BCUT2D eigenvalue weighted by Gasteiger charge is -2.61. The van der Waals surface area contributed by atoms with Crippen LogP contribution in [0.3, 0.4) is 0 Å². The summed E-state index contributed by atoms with van der Waals surface area (Å²) in [6.07, 6.45) is 13.9. The number of methoxy groups -OCH3 is 1. The standard InChI is InChI=1S/C24H40O2/c1-22(11-5-15-26-4)12-9-21-19-7-6-17-16-18(25)8-13-23(17,2)20(19)10-14-24(21,22)3/h17,19-21H,5-16H2,1-4H3/t17?,19?,20-,21-,22-,23-,24-/m0/s1. The molecule has 0 radical (unpaired) electrons. The molecule has 7 atom stereocenters. The summed E-state index contributed by atoms with van der Waals surface area (Å²) >= 11 is 0. The fraction of sp³-hybridized carbons (Fsp3) is 0.958. The van der Waals surface area contributed by atoms with E-state index in [1.54, 1.807) is 0 Å².